The van der Waals surface area contributed by atoms with E-state index in [1.165, 1.54) is 0 Å². The molecule has 0 heterocycles. The average molecular weight is 239 g/mol. The molecular weight excluding hydrogens is 218 g/mol. The molecular formula is C13H21NO3. The molecule has 1 unspecified atom stereocenters. The highest BCUT2D eigenvalue weighted by Crippen LogP contribution is 2.36. The van der Waals surface area contributed by atoms with Crippen molar-refractivity contribution < 1.29 is 14.6 Å². The van der Waals surface area contributed by atoms with Gasteiger partial charge >= 0.3 is 0 Å². The van der Waals surface area contributed by atoms with Crippen LogP contribution >= 0.6 is 0 Å². The Bertz CT molecular complexity index is 387. The molecule has 96 valence electrons. The molecule has 0 radical (unpaired) electrons. The first-order chi connectivity index (χ1) is 8.10. The summed E-state index contributed by atoms with van der Waals surface area (Å²) >= 11 is 0. The van der Waals surface area contributed by atoms with Crippen LogP contribution in [0, 0.1) is 13.8 Å². The van der Waals surface area contributed by atoms with Gasteiger partial charge in [-0.05, 0) is 31.0 Å². The van der Waals surface area contributed by atoms with Crippen LogP contribution in [0.1, 0.15) is 22.6 Å². The first-order valence-electron chi connectivity index (χ1n) is 5.63. The van der Waals surface area contributed by atoms with Crippen molar-refractivity contribution in [1.29, 1.82) is 0 Å². The van der Waals surface area contributed by atoms with Gasteiger partial charge in [-0.3, -0.25) is 0 Å². The SMILES string of the molecule is COc1cc(C(CN)CO)c(OC)c(C)c1C. The van der Waals surface area contributed by atoms with E-state index in [1.54, 1.807) is 14.2 Å². The van der Waals surface area contributed by atoms with Crippen LogP contribution in [-0.4, -0.2) is 32.5 Å². The number of hydrogen-bond acceptors (Lipinski definition) is 4. The first kappa shape index (κ1) is 13.8. The van der Waals surface area contributed by atoms with Crippen LogP contribution < -0.4 is 15.2 Å². The predicted molar refractivity (Wildman–Crippen MR) is 67.9 cm³/mol. The lowest BCUT2D eigenvalue weighted by atomic mass is 9.94. The Hall–Kier alpha value is -1.26. The molecule has 0 aromatic heterocycles. The zero-order valence-corrected chi connectivity index (χ0v) is 10.9. The largest absolute Gasteiger partial charge is 0.496 e. The molecule has 4 heteroatoms. The average Bonchev–Trinajstić information content (AvgIpc) is 2.35. The van der Waals surface area contributed by atoms with Crippen molar-refractivity contribution >= 4 is 0 Å². The maximum atomic E-state index is 9.35. The van der Waals surface area contributed by atoms with Gasteiger partial charge in [0.2, 0.25) is 0 Å². The lowest BCUT2D eigenvalue weighted by molar-refractivity contribution is 0.264. The van der Waals surface area contributed by atoms with E-state index in [4.69, 9.17) is 15.2 Å². The van der Waals surface area contributed by atoms with E-state index in [-0.39, 0.29) is 12.5 Å². The molecule has 0 fully saturated rings. The van der Waals surface area contributed by atoms with Crippen LogP contribution in [-0.2, 0) is 0 Å². The van der Waals surface area contributed by atoms with E-state index in [9.17, 15) is 5.11 Å². The molecule has 1 atom stereocenters. The van der Waals surface area contributed by atoms with Crippen molar-refractivity contribution in [2.45, 2.75) is 19.8 Å². The Kier molecular flexibility index (Phi) is 4.78. The summed E-state index contributed by atoms with van der Waals surface area (Å²) < 4.78 is 10.7. The van der Waals surface area contributed by atoms with Crippen molar-refractivity contribution in [2.24, 2.45) is 5.73 Å². The predicted octanol–water partition coefficient (Wildman–Crippen LogP) is 1.36. The second-order valence-corrected chi connectivity index (χ2v) is 4.07. The third-order valence-electron chi connectivity index (χ3n) is 3.19. The third kappa shape index (κ3) is 2.53. The molecule has 3 N–H and O–H groups in total. The highest BCUT2D eigenvalue weighted by molar-refractivity contribution is 5.54. The monoisotopic (exact) mass is 239 g/mol. The van der Waals surface area contributed by atoms with Gasteiger partial charge in [-0.25, -0.2) is 0 Å². The summed E-state index contributed by atoms with van der Waals surface area (Å²) in [5.41, 5.74) is 8.63. The molecule has 4 nitrogen and oxygen atoms in total. The maximum absolute atomic E-state index is 9.35. The minimum Gasteiger partial charge on any atom is -0.496 e. The van der Waals surface area contributed by atoms with Gasteiger partial charge in [0.25, 0.3) is 0 Å². The van der Waals surface area contributed by atoms with Gasteiger partial charge in [0.1, 0.15) is 11.5 Å². The van der Waals surface area contributed by atoms with Crippen LogP contribution in [0.15, 0.2) is 6.07 Å². The quantitative estimate of drug-likeness (QED) is 0.814. The van der Waals surface area contributed by atoms with Gasteiger partial charge in [-0.2, -0.15) is 0 Å². The number of rotatable bonds is 5. The first-order valence-corrected chi connectivity index (χ1v) is 5.63. The zero-order valence-electron chi connectivity index (χ0n) is 10.9. The lowest BCUT2D eigenvalue weighted by Crippen LogP contribution is -2.17. The van der Waals surface area contributed by atoms with Crippen LogP contribution in [0.25, 0.3) is 0 Å². The van der Waals surface area contributed by atoms with Gasteiger partial charge in [0, 0.05) is 18.0 Å². The fourth-order valence-corrected chi connectivity index (χ4v) is 1.97. The van der Waals surface area contributed by atoms with Crippen LogP contribution in [0.4, 0.5) is 0 Å². The Morgan fingerprint density at radius 1 is 1.24 bits per heavy atom. The number of aliphatic hydroxyl groups is 1. The molecule has 0 aliphatic rings. The van der Waals surface area contributed by atoms with Crippen molar-refractivity contribution in [1.82, 2.24) is 0 Å². The summed E-state index contributed by atoms with van der Waals surface area (Å²) in [6.07, 6.45) is 0. The summed E-state index contributed by atoms with van der Waals surface area (Å²) in [6, 6.07) is 1.90. The number of hydrogen-bond donors (Lipinski definition) is 2. The Balaban J connectivity index is 3.41. The summed E-state index contributed by atoms with van der Waals surface area (Å²) in [4.78, 5) is 0. The number of benzene rings is 1. The van der Waals surface area contributed by atoms with E-state index < -0.39 is 0 Å². The Labute approximate surface area is 102 Å². The van der Waals surface area contributed by atoms with Crippen LogP contribution in [0.2, 0.25) is 0 Å². The maximum Gasteiger partial charge on any atom is 0.125 e. The normalized spacial score (nSPS) is 12.4. The standard InChI is InChI=1S/C13H21NO3/c1-8-9(2)13(17-4)11(5-12(8)16-3)10(6-14)7-15/h5,10,15H,6-7,14H2,1-4H3. The molecule has 0 spiro atoms. The highest BCUT2D eigenvalue weighted by atomic mass is 16.5. The Morgan fingerprint density at radius 2 is 1.88 bits per heavy atom. The molecule has 17 heavy (non-hydrogen) atoms. The number of aliphatic hydroxyl groups excluding tert-OH is 1. The Morgan fingerprint density at radius 3 is 2.29 bits per heavy atom. The van der Waals surface area contributed by atoms with E-state index >= 15 is 0 Å². The second kappa shape index (κ2) is 5.89. The second-order valence-electron chi connectivity index (χ2n) is 4.07. The van der Waals surface area contributed by atoms with E-state index in [0.717, 1.165) is 28.2 Å². The number of ether oxygens (including phenoxy) is 2. The summed E-state index contributed by atoms with van der Waals surface area (Å²) in [5.74, 6) is 1.45. The van der Waals surface area contributed by atoms with Crippen LogP contribution in [0.5, 0.6) is 11.5 Å². The summed E-state index contributed by atoms with van der Waals surface area (Å²) in [7, 11) is 3.26. The smallest absolute Gasteiger partial charge is 0.125 e. The van der Waals surface area contributed by atoms with Crippen molar-refractivity contribution in [3.8, 4) is 11.5 Å². The number of methoxy groups -OCH3 is 2. The molecule has 1 aromatic rings. The summed E-state index contributed by atoms with van der Waals surface area (Å²) in [5, 5.41) is 9.35. The van der Waals surface area contributed by atoms with E-state index in [0.29, 0.717) is 6.54 Å². The van der Waals surface area contributed by atoms with Crippen LogP contribution in [0.3, 0.4) is 0 Å². The molecule has 0 aliphatic carbocycles. The molecule has 0 amide bonds. The van der Waals surface area contributed by atoms with Crippen molar-refractivity contribution in [2.75, 3.05) is 27.4 Å². The topological polar surface area (TPSA) is 64.7 Å². The fourth-order valence-electron chi connectivity index (χ4n) is 1.97. The molecule has 1 aromatic carbocycles. The van der Waals surface area contributed by atoms with Crippen molar-refractivity contribution in [3.63, 3.8) is 0 Å². The lowest BCUT2D eigenvalue weighted by Gasteiger charge is -2.21. The zero-order chi connectivity index (χ0) is 13.0. The molecule has 0 saturated carbocycles. The molecule has 1 rings (SSSR count). The van der Waals surface area contributed by atoms with E-state index in [1.807, 2.05) is 19.9 Å². The molecule has 0 aliphatic heterocycles. The van der Waals surface area contributed by atoms with Gasteiger partial charge in [-0.1, -0.05) is 0 Å². The van der Waals surface area contributed by atoms with Crippen molar-refractivity contribution in [3.05, 3.63) is 22.8 Å². The van der Waals surface area contributed by atoms with Gasteiger partial charge in [0.05, 0.1) is 20.8 Å². The minimum absolute atomic E-state index is 0.00147. The fraction of sp³-hybridized carbons (Fsp3) is 0.538. The third-order valence-corrected chi connectivity index (χ3v) is 3.19. The van der Waals surface area contributed by atoms with E-state index in [2.05, 4.69) is 0 Å². The molecule has 0 saturated heterocycles. The van der Waals surface area contributed by atoms with Gasteiger partial charge in [0.15, 0.2) is 0 Å². The minimum atomic E-state index is -0.127. The number of nitrogens with two attached hydrogens (primary N) is 1. The van der Waals surface area contributed by atoms with Gasteiger partial charge < -0.3 is 20.3 Å². The highest BCUT2D eigenvalue weighted by Gasteiger charge is 2.19. The summed E-state index contributed by atoms with van der Waals surface area (Å²) in [6.45, 7) is 4.33. The van der Waals surface area contributed by atoms with Gasteiger partial charge in [-0.15, -0.1) is 0 Å². The molecule has 0 bridgehead atoms.